The first-order valence-electron chi connectivity index (χ1n) is 10.4. The summed E-state index contributed by atoms with van der Waals surface area (Å²) in [4.78, 5) is 4.17. The fraction of sp³-hybridized carbons (Fsp3) is 0.231. The van der Waals surface area contributed by atoms with Crippen molar-refractivity contribution in [3.05, 3.63) is 95.2 Å². The van der Waals surface area contributed by atoms with Crippen LogP contribution in [0.25, 0.3) is 11.3 Å². The Balaban J connectivity index is 1.45. The van der Waals surface area contributed by atoms with E-state index in [-0.39, 0.29) is 0 Å². The largest absolute Gasteiger partial charge is 0.386 e. The molecule has 0 saturated heterocycles. The van der Waals surface area contributed by atoms with Crippen molar-refractivity contribution in [3.63, 3.8) is 0 Å². The van der Waals surface area contributed by atoms with Gasteiger partial charge in [-0.15, -0.1) is 0 Å². The number of hydrogen-bond donors (Lipinski definition) is 2. The molecular weight excluding hydrogens is 402 g/mol. The molecule has 6 heteroatoms. The van der Waals surface area contributed by atoms with Crippen molar-refractivity contribution in [1.29, 1.82) is 0 Å². The number of rotatable bonds is 5. The average molecular weight is 428 g/mol. The summed E-state index contributed by atoms with van der Waals surface area (Å²) < 4.78 is 7.35. The third kappa shape index (κ3) is 4.97. The SMILES string of the molecule is CC(O)c1nccn1Cc1cc(-c2ccc(C#Cc3ccc(C(C)(C)O)cc3)cc2)on1. The molecule has 32 heavy (non-hydrogen) atoms. The molecule has 2 aromatic heterocycles. The van der Waals surface area contributed by atoms with Crippen LogP contribution in [-0.4, -0.2) is 24.9 Å². The van der Waals surface area contributed by atoms with Crippen LogP contribution in [0.15, 0.2) is 71.5 Å². The van der Waals surface area contributed by atoms with Crippen LogP contribution in [0.2, 0.25) is 0 Å². The normalized spacial score (nSPS) is 12.3. The molecule has 1 atom stereocenters. The number of benzene rings is 2. The summed E-state index contributed by atoms with van der Waals surface area (Å²) in [5, 5.41) is 24.0. The molecule has 2 heterocycles. The lowest BCUT2D eigenvalue weighted by atomic mass is 9.97. The quantitative estimate of drug-likeness (QED) is 0.465. The zero-order valence-electron chi connectivity index (χ0n) is 18.3. The molecule has 0 fully saturated rings. The van der Waals surface area contributed by atoms with Crippen molar-refractivity contribution < 1.29 is 14.7 Å². The van der Waals surface area contributed by atoms with Crippen molar-refractivity contribution in [2.24, 2.45) is 0 Å². The molecule has 1 unspecified atom stereocenters. The van der Waals surface area contributed by atoms with Crippen molar-refractivity contribution >= 4 is 0 Å². The second-order valence-electron chi connectivity index (χ2n) is 8.24. The molecule has 2 aromatic carbocycles. The van der Waals surface area contributed by atoms with Gasteiger partial charge in [0, 0.05) is 35.2 Å². The summed E-state index contributed by atoms with van der Waals surface area (Å²) >= 11 is 0. The van der Waals surface area contributed by atoms with Crippen LogP contribution in [0.4, 0.5) is 0 Å². The molecule has 6 nitrogen and oxygen atoms in total. The van der Waals surface area contributed by atoms with Gasteiger partial charge < -0.3 is 19.3 Å². The number of aromatic nitrogens is 3. The highest BCUT2D eigenvalue weighted by Gasteiger charge is 2.15. The minimum atomic E-state index is -0.860. The topological polar surface area (TPSA) is 84.3 Å². The van der Waals surface area contributed by atoms with Crippen LogP contribution in [0.5, 0.6) is 0 Å². The van der Waals surface area contributed by atoms with Gasteiger partial charge in [0.15, 0.2) is 5.76 Å². The smallest absolute Gasteiger partial charge is 0.167 e. The molecule has 0 amide bonds. The first-order valence-corrected chi connectivity index (χ1v) is 10.4. The first-order chi connectivity index (χ1) is 15.3. The van der Waals surface area contributed by atoms with Gasteiger partial charge in [0.25, 0.3) is 0 Å². The van der Waals surface area contributed by atoms with E-state index >= 15 is 0 Å². The summed E-state index contributed by atoms with van der Waals surface area (Å²) in [6, 6.07) is 17.3. The van der Waals surface area contributed by atoms with Crippen LogP contribution >= 0.6 is 0 Å². The molecule has 162 valence electrons. The highest BCUT2D eigenvalue weighted by atomic mass is 16.5. The maximum atomic E-state index is 10.0. The minimum absolute atomic E-state index is 0.472. The van der Waals surface area contributed by atoms with Gasteiger partial charge in [0.2, 0.25) is 0 Å². The number of nitrogens with zero attached hydrogens (tertiary/aromatic N) is 3. The van der Waals surface area contributed by atoms with Gasteiger partial charge in [-0.2, -0.15) is 0 Å². The Morgan fingerprint density at radius 1 is 1.03 bits per heavy atom. The highest BCUT2D eigenvalue weighted by molar-refractivity contribution is 5.59. The third-order valence-corrected chi connectivity index (χ3v) is 5.12. The van der Waals surface area contributed by atoms with Gasteiger partial charge in [-0.05, 0) is 62.7 Å². The Morgan fingerprint density at radius 2 is 1.66 bits per heavy atom. The zero-order chi connectivity index (χ0) is 22.7. The van der Waals surface area contributed by atoms with Crippen molar-refractivity contribution in [2.75, 3.05) is 0 Å². The van der Waals surface area contributed by atoms with E-state index in [1.807, 2.05) is 65.4 Å². The second-order valence-corrected chi connectivity index (χ2v) is 8.24. The fourth-order valence-corrected chi connectivity index (χ4v) is 3.34. The van der Waals surface area contributed by atoms with E-state index in [2.05, 4.69) is 22.0 Å². The number of imidazole rings is 1. The summed E-state index contributed by atoms with van der Waals surface area (Å²) in [5.74, 6) is 7.56. The molecular formula is C26H25N3O3. The maximum absolute atomic E-state index is 10.0. The molecule has 0 aliphatic rings. The maximum Gasteiger partial charge on any atom is 0.167 e. The molecule has 4 aromatic rings. The van der Waals surface area contributed by atoms with Gasteiger partial charge in [0.05, 0.1) is 12.1 Å². The van der Waals surface area contributed by atoms with E-state index in [4.69, 9.17) is 4.52 Å². The van der Waals surface area contributed by atoms with Gasteiger partial charge in [-0.3, -0.25) is 0 Å². The average Bonchev–Trinajstić information content (AvgIpc) is 3.42. The minimum Gasteiger partial charge on any atom is -0.386 e. The Morgan fingerprint density at radius 3 is 2.25 bits per heavy atom. The number of hydrogen-bond acceptors (Lipinski definition) is 5. The zero-order valence-corrected chi connectivity index (χ0v) is 18.3. The monoisotopic (exact) mass is 427 g/mol. The molecule has 2 N–H and O–H groups in total. The molecule has 4 rings (SSSR count). The standard InChI is InChI=1S/C26H25N3O3/c1-18(30)25-27-14-15-29(25)17-23-16-24(32-28-23)21-10-6-19(7-11-21)4-5-20-8-12-22(13-9-20)26(2,3)31/h6-16,18,30-31H,17H2,1-3H3. The summed E-state index contributed by atoms with van der Waals surface area (Å²) in [5.41, 5.74) is 3.43. The Bertz CT molecular complexity index is 1250. The fourth-order valence-electron chi connectivity index (χ4n) is 3.34. The van der Waals surface area contributed by atoms with Crippen LogP contribution in [0.3, 0.4) is 0 Å². The van der Waals surface area contributed by atoms with Crippen LogP contribution in [0.1, 0.15) is 55.1 Å². The van der Waals surface area contributed by atoms with Crippen LogP contribution < -0.4 is 0 Å². The molecule has 0 bridgehead atoms. The predicted octanol–water partition coefficient (Wildman–Crippen LogP) is 4.27. The summed E-state index contributed by atoms with van der Waals surface area (Å²) in [6.07, 6.45) is 2.82. The van der Waals surface area contributed by atoms with Crippen molar-refractivity contribution in [1.82, 2.24) is 14.7 Å². The molecule has 0 aliphatic carbocycles. The van der Waals surface area contributed by atoms with Crippen LogP contribution in [-0.2, 0) is 12.1 Å². The molecule has 0 radical (unpaired) electrons. The van der Waals surface area contributed by atoms with E-state index in [0.717, 1.165) is 27.9 Å². The van der Waals surface area contributed by atoms with Gasteiger partial charge in [-0.25, -0.2) is 4.98 Å². The van der Waals surface area contributed by atoms with E-state index in [0.29, 0.717) is 18.1 Å². The molecule has 0 saturated carbocycles. The summed E-state index contributed by atoms with van der Waals surface area (Å²) in [6.45, 7) is 5.68. The van der Waals surface area contributed by atoms with E-state index in [1.54, 1.807) is 27.0 Å². The predicted molar refractivity (Wildman–Crippen MR) is 122 cm³/mol. The van der Waals surface area contributed by atoms with Gasteiger partial charge in [0.1, 0.15) is 17.6 Å². The van der Waals surface area contributed by atoms with E-state index < -0.39 is 11.7 Å². The second kappa shape index (κ2) is 8.83. The van der Waals surface area contributed by atoms with Gasteiger partial charge >= 0.3 is 0 Å². The highest BCUT2D eigenvalue weighted by Crippen LogP contribution is 2.22. The Kier molecular flexibility index (Phi) is 5.95. The van der Waals surface area contributed by atoms with E-state index in [1.165, 1.54) is 0 Å². The van der Waals surface area contributed by atoms with Crippen molar-refractivity contribution in [2.45, 2.75) is 39.0 Å². The molecule has 0 aliphatic heterocycles. The van der Waals surface area contributed by atoms with E-state index in [9.17, 15) is 10.2 Å². The number of aliphatic hydroxyl groups excluding tert-OH is 1. The first kappa shape index (κ1) is 21.6. The molecule has 0 spiro atoms. The summed E-state index contributed by atoms with van der Waals surface area (Å²) in [7, 11) is 0. The Hall–Kier alpha value is -3.66. The van der Waals surface area contributed by atoms with Gasteiger partial charge in [-0.1, -0.05) is 29.1 Å². The number of aliphatic hydroxyl groups is 2. The van der Waals surface area contributed by atoms with Crippen molar-refractivity contribution in [3.8, 4) is 23.2 Å². The third-order valence-electron chi connectivity index (χ3n) is 5.12. The Labute approximate surface area is 187 Å². The lowest BCUT2D eigenvalue weighted by Gasteiger charge is -2.17. The van der Waals surface area contributed by atoms with Crippen LogP contribution in [0, 0.1) is 11.8 Å². The lowest BCUT2D eigenvalue weighted by molar-refractivity contribution is 0.0786. The lowest BCUT2D eigenvalue weighted by Crippen LogP contribution is -2.14.